The molecule has 266 valence electrons. The van der Waals surface area contributed by atoms with Crippen LogP contribution in [0.2, 0.25) is 0 Å². The van der Waals surface area contributed by atoms with Gasteiger partial charge in [0.05, 0.1) is 5.92 Å². The van der Waals surface area contributed by atoms with Crippen molar-refractivity contribution in [3.05, 3.63) is 210 Å². The first-order valence-electron chi connectivity index (χ1n) is 19.7. The summed E-state index contributed by atoms with van der Waals surface area (Å²) in [7, 11) is 0. The molecule has 2 heteroatoms. The molecule has 4 unspecified atom stereocenters. The van der Waals surface area contributed by atoms with Crippen LogP contribution in [-0.4, -0.2) is 6.10 Å². The van der Waals surface area contributed by atoms with Crippen molar-refractivity contribution in [3.8, 4) is 51.0 Å². The summed E-state index contributed by atoms with van der Waals surface area (Å²) < 4.78 is 13.0. The van der Waals surface area contributed by atoms with Crippen LogP contribution in [-0.2, 0) is 0 Å². The minimum atomic E-state index is -0.210. The molecule has 0 saturated heterocycles. The van der Waals surface area contributed by atoms with E-state index in [4.69, 9.17) is 9.15 Å². The normalized spacial score (nSPS) is 19.6. The van der Waals surface area contributed by atoms with Gasteiger partial charge in [-0.05, 0) is 105 Å². The van der Waals surface area contributed by atoms with Crippen molar-refractivity contribution in [3.63, 3.8) is 0 Å². The topological polar surface area (TPSA) is 22.4 Å². The van der Waals surface area contributed by atoms with Gasteiger partial charge in [-0.1, -0.05) is 151 Å². The van der Waals surface area contributed by atoms with Crippen molar-refractivity contribution in [2.45, 2.75) is 36.7 Å². The Hall–Kier alpha value is -6.82. The van der Waals surface area contributed by atoms with Gasteiger partial charge in [-0.15, -0.1) is 0 Å². The lowest BCUT2D eigenvalue weighted by Gasteiger charge is -2.30. The second-order valence-electron chi connectivity index (χ2n) is 15.4. The van der Waals surface area contributed by atoms with E-state index in [2.05, 4.69) is 194 Å². The number of ether oxygens (including phenoxy) is 1. The third kappa shape index (κ3) is 5.85. The van der Waals surface area contributed by atoms with Crippen LogP contribution in [0.15, 0.2) is 198 Å². The number of fused-ring (bicyclic) bond motifs is 6. The average molecular weight is 719 g/mol. The lowest BCUT2D eigenvalue weighted by molar-refractivity contribution is 0.278. The van der Waals surface area contributed by atoms with Gasteiger partial charge in [0.2, 0.25) is 0 Å². The van der Waals surface area contributed by atoms with E-state index in [0.717, 1.165) is 51.7 Å². The molecule has 2 nitrogen and oxygen atoms in total. The highest BCUT2D eigenvalue weighted by Crippen LogP contribution is 2.48. The molecule has 8 aromatic rings. The van der Waals surface area contributed by atoms with Gasteiger partial charge >= 0.3 is 0 Å². The van der Waals surface area contributed by atoms with Crippen molar-refractivity contribution in [1.29, 1.82) is 0 Å². The summed E-state index contributed by atoms with van der Waals surface area (Å²) in [5, 5.41) is 2.21. The fraction of sp³-hybridized carbons (Fsp3) is 0.111. The third-order valence-electron chi connectivity index (χ3n) is 12.0. The third-order valence-corrected chi connectivity index (χ3v) is 12.0. The van der Waals surface area contributed by atoms with Gasteiger partial charge in [0, 0.05) is 33.9 Å². The molecule has 0 fully saturated rings. The molecule has 0 bridgehead atoms. The van der Waals surface area contributed by atoms with Crippen LogP contribution in [0.25, 0.3) is 55.3 Å². The van der Waals surface area contributed by atoms with Gasteiger partial charge in [0.15, 0.2) is 6.10 Å². The van der Waals surface area contributed by atoms with Gasteiger partial charge in [-0.3, -0.25) is 0 Å². The molecule has 4 atom stereocenters. The second-order valence-corrected chi connectivity index (χ2v) is 15.4. The van der Waals surface area contributed by atoms with Gasteiger partial charge in [-0.2, -0.15) is 0 Å². The van der Waals surface area contributed by atoms with Crippen molar-refractivity contribution in [2.75, 3.05) is 0 Å². The molecular formula is C54H38O2. The van der Waals surface area contributed by atoms with Crippen LogP contribution in [0.4, 0.5) is 0 Å². The number of furan rings is 1. The quantitative estimate of drug-likeness (QED) is 0.160. The monoisotopic (exact) mass is 718 g/mol. The van der Waals surface area contributed by atoms with Crippen LogP contribution in [0.1, 0.15) is 47.3 Å². The molecule has 2 heterocycles. The van der Waals surface area contributed by atoms with Crippen LogP contribution >= 0.6 is 0 Å². The van der Waals surface area contributed by atoms with Gasteiger partial charge in [-0.25, -0.2) is 0 Å². The van der Waals surface area contributed by atoms with Crippen LogP contribution in [0, 0.1) is 11.8 Å². The number of hydrogen-bond acceptors (Lipinski definition) is 2. The Morgan fingerprint density at radius 1 is 0.500 bits per heavy atom. The highest BCUT2D eigenvalue weighted by Gasteiger charge is 2.36. The molecule has 0 radical (unpaired) electrons. The summed E-state index contributed by atoms with van der Waals surface area (Å²) in [6, 6.07) is 61.1. The number of benzene rings is 7. The van der Waals surface area contributed by atoms with Crippen molar-refractivity contribution in [1.82, 2.24) is 0 Å². The molecule has 1 aromatic heterocycles. The van der Waals surface area contributed by atoms with Crippen LogP contribution in [0.3, 0.4) is 0 Å². The first-order valence-corrected chi connectivity index (χ1v) is 19.7. The molecule has 0 amide bonds. The predicted octanol–water partition coefficient (Wildman–Crippen LogP) is 13.7. The zero-order valence-electron chi connectivity index (χ0n) is 30.9. The summed E-state index contributed by atoms with van der Waals surface area (Å²) in [6.45, 7) is 0. The summed E-state index contributed by atoms with van der Waals surface area (Å²) in [4.78, 5) is 0. The molecule has 3 aliphatic rings. The van der Waals surface area contributed by atoms with E-state index >= 15 is 0 Å². The maximum absolute atomic E-state index is 6.54. The van der Waals surface area contributed by atoms with Gasteiger partial charge in [0.25, 0.3) is 0 Å². The van der Waals surface area contributed by atoms with Gasteiger partial charge < -0.3 is 9.15 Å². The van der Waals surface area contributed by atoms with E-state index in [1.54, 1.807) is 0 Å². The Morgan fingerprint density at radius 2 is 1.11 bits per heavy atom. The van der Waals surface area contributed by atoms with Crippen LogP contribution in [0.5, 0.6) is 5.75 Å². The molecule has 1 aliphatic heterocycles. The molecule has 2 aliphatic carbocycles. The van der Waals surface area contributed by atoms with Crippen molar-refractivity contribution < 1.29 is 9.15 Å². The van der Waals surface area contributed by atoms with E-state index in [1.807, 2.05) is 0 Å². The molecule has 0 spiro atoms. The van der Waals surface area contributed by atoms with Crippen molar-refractivity contribution in [2.24, 2.45) is 0 Å². The highest BCUT2D eigenvalue weighted by molar-refractivity contribution is 6.07. The molecular weight excluding hydrogens is 681 g/mol. The Morgan fingerprint density at radius 3 is 1.79 bits per heavy atom. The lowest BCUT2D eigenvalue weighted by Crippen LogP contribution is -2.19. The van der Waals surface area contributed by atoms with Crippen molar-refractivity contribution >= 4 is 21.9 Å². The van der Waals surface area contributed by atoms with Gasteiger partial charge in [0.1, 0.15) is 16.9 Å². The standard InChI is InChI=1S/C54H38O2/c1-5-13-35(14-6-1)41-25-42(36-15-7-2-8-16-36)28-45(27-41)39-21-23-51-47(31-39)49-33-50-48-32-40(22-24-52(48)56-54(50)34-53(49)55-51)46-29-43(37-17-9-3-10-18-37)26-44(30-46)38-19-11-4-12-20-38/h1-21,23,25,27-29,31-34,43-44,48,52H,26,30H2. The SMILES string of the molecule is C1#CC2Oc3cc4oc5ccc(-c6cc(-c7ccccc7)cc(-c7ccccc7)c6)cc5c4cc3C2C=C1C1=CC(c2ccccc2)CC(c2ccccc2)C1. The molecule has 11 rings (SSSR count). The Labute approximate surface area is 327 Å². The number of rotatable bonds is 6. The fourth-order valence-electron chi connectivity index (χ4n) is 9.12. The Kier molecular flexibility index (Phi) is 7.85. The largest absolute Gasteiger partial charge is 0.476 e. The maximum atomic E-state index is 6.54. The van der Waals surface area contributed by atoms with E-state index in [0.29, 0.717) is 11.8 Å². The number of allylic oxidation sites excluding steroid dienone is 3. The molecule has 0 saturated carbocycles. The van der Waals surface area contributed by atoms with E-state index in [9.17, 15) is 0 Å². The minimum Gasteiger partial charge on any atom is -0.476 e. The lowest BCUT2D eigenvalue weighted by atomic mass is 9.74. The summed E-state index contributed by atoms with van der Waals surface area (Å²) in [5.74, 6) is 8.75. The second kappa shape index (κ2) is 13.5. The Bertz CT molecular complexity index is 2830. The molecule has 56 heavy (non-hydrogen) atoms. The highest BCUT2D eigenvalue weighted by atomic mass is 16.5. The first kappa shape index (κ1) is 32.6. The molecule has 0 N–H and O–H groups in total. The smallest absolute Gasteiger partial charge is 0.169 e. The minimum absolute atomic E-state index is 0.0444. The zero-order valence-corrected chi connectivity index (χ0v) is 30.9. The Balaban J connectivity index is 0.981. The average Bonchev–Trinajstić information content (AvgIpc) is 3.82. The summed E-state index contributed by atoms with van der Waals surface area (Å²) >= 11 is 0. The van der Waals surface area contributed by atoms with E-state index in [-0.39, 0.29) is 12.0 Å². The zero-order chi connectivity index (χ0) is 37.0. The summed E-state index contributed by atoms with van der Waals surface area (Å²) in [5.41, 5.74) is 15.2. The molecule has 7 aromatic carbocycles. The first-order chi connectivity index (χ1) is 27.7. The maximum Gasteiger partial charge on any atom is 0.169 e. The number of hydrogen-bond donors (Lipinski definition) is 0. The van der Waals surface area contributed by atoms with E-state index < -0.39 is 0 Å². The van der Waals surface area contributed by atoms with E-state index in [1.165, 1.54) is 50.1 Å². The predicted molar refractivity (Wildman–Crippen MR) is 229 cm³/mol. The summed E-state index contributed by atoms with van der Waals surface area (Å²) in [6.07, 6.45) is 6.72. The fourth-order valence-corrected chi connectivity index (χ4v) is 9.12. The van der Waals surface area contributed by atoms with Crippen LogP contribution < -0.4 is 4.74 Å².